The molecule has 1 N–H and O–H groups in total. The molecule has 17 heavy (non-hydrogen) atoms. The van der Waals surface area contributed by atoms with Crippen LogP contribution in [-0.4, -0.2) is 32.7 Å². The van der Waals surface area contributed by atoms with E-state index in [0.29, 0.717) is 16.9 Å². The fourth-order valence-corrected chi connectivity index (χ4v) is 1.77. The molecule has 2 rings (SSSR count). The zero-order valence-corrected chi connectivity index (χ0v) is 9.84. The minimum absolute atomic E-state index is 0.0213. The zero-order valence-electron chi connectivity index (χ0n) is 9.84. The van der Waals surface area contributed by atoms with E-state index in [-0.39, 0.29) is 11.9 Å². The third-order valence-corrected chi connectivity index (χ3v) is 2.47. The van der Waals surface area contributed by atoms with Gasteiger partial charge >= 0.3 is 5.97 Å². The van der Waals surface area contributed by atoms with Crippen molar-refractivity contribution in [1.29, 1.82) is 0 Å². The Morgan fingerprint density at radius 3 is 2.76 bits per heavy atom. The average molecular weight is 235 g/mol. The van der Waals surface area contributed by atoms with Gasteiger partial charge in [-0.05, 0) is 13.8 Å². The lowest BCUT2D eigenvalue weighted by Gasteiger charge is -2.09. The standard InChI is InChI=1S/C11H13N3O3/c1-6(2)14-9-8(13-10(14)11(15)16)7(17-3)4-5-12-9/h4-6H,1-3H3,(H,15,16). The van der Waals surface area contributed by atoms with Crippen molar-refractivity contribution >= 4 is 17.1 Å². The van der Waals surface area contributed by atoms with E-state index in [2.05, 4.69) is 9.97 Å². The van der Waals surface area contributed by atoms with Gasteiger partial charge in [-0.15, -0.1) is 0 Å². The lowest BCUT2D eigenvalue weighted by Crippen LogP contribution is -2.11. The summed E-state index contributed by atoms with van der Waals surface area (Å²) < 4.78 is 6.73. The van der Waals surface area contributed by atoms with E-state index >= 15 is 0 Å². The summed E-state index contributed by atoms with van der Waals surface area (Å²) in [6.45, 7) is 3.77. The first-order valence-corrected chi connectivity index (χ1v) is 5.20. The van der Waals surface area contributed by atoms with Crippen LogP contribution in [0, 0.1) is 0 Å². The van der Waals surface area contributed by atoms with Gasteiger partial charge in [-0.3, -0.25) is 0 Å². The fraction of sp³-hybridized carbons (Fsp3) is 0.364. The van der Waals surface area contributed by atoms with Gasteiger partial charge in [0.1, 0.15) is 5.75 Å². The molecule has 90 valence electrons. The van der Waals surface area contributed by atoms with E-state index in [1.807, 2.05) is 13.8 Å². The van der Waals surface area contributed by atoms with E-state index in [1.54, 1.807) is 16.8 Å². The van der Waals surface area contributed by atoms with Crippen molar-refractivity contribution in [3.05, 3.63) is 18.1 Å². The van der Waals surface area contributed by atoms with Crippen LogP contribution in [0.1, 0.15) is 30.5 Å². The molecule has 0 saturated heterocycles. The molecule has 0 atom stereocenters. The van der Waals surface area contributed by atoms with Crippen molar-refractivity contribution in [3.63, 3.8) is 0 Å². The number of rotatable bonds is 3. The number of fused-ring (bicyclic) bond motifs is 1. The molecule has 0 aliphatic carbocycles. The second-order valence-electron chi connectivity index (χ2n) is 3.89. The second-order valence-corrected chi connectivity index (χ2v) is 3.89. The summed E-state index contributed by atoms with van der Waals surface area (Å²) in [4.78, 5) is 19.4. The molecule has 0 bridgehead atoms. The van der Waals surface area contributed by atoms with Gasteiger partial charge in [-0.1, -0.05) is 0 Å². The molecular weight excluding hydrogens is 222 g/mol. The molecule has 6 heteroatoms. The molecule has 0 aromatic carbocycles. The summed E-state index contributed by atoms with van der Waals surface area (Å²) >= 11 is 0. The maximum Gasteiger partial charge on any atom is 0.372 e. The van der Waals surface area contributed by atoms with Crippen LogP contribution in [0.2, 0.25) is 0 Å². The summed E-state index contributed by atoms with van der Waals surface area (Å²) in [7, 11) is 1.52. The first-order chi connectivity index (χ1) is 8.06. The largest absolute Gasteiger partial charge is 0.494 e. The van der Waals surface area contributed by atoms with Gasteiger partial charge in [-0.2, -0.15) is 0 Å². The number of carboxylic acid groups (broad SMARTS) is 1. The lowest BCUT2D eigenvalue weighted by atomic mass is 10.3. The number of carbonyl (C=O) groups is 1. The summed E-state index contributed by atoms with van der Waals surface area (Å²) in [5.41, 5.74) is 0.998. The lowest BCUT2D eigenvalue weighted by molar-refractivity contribution is 0.0677. The van der Waals surface area contributed by atoms with Crippen LogP contribution in [0.5, 0.6) is 5.75 Å². The summed E-state index contributed by atoms with van der Waals surface area (Å²) in [5.74, 6) is -0.567. The Morgan fingerprint density at radius 1 is 1.53 bits per heavy atom. The molecule has 2 heterocycles. The van der Waals surface area contributed by atoms with Crippen molar-refractivity contribution in [2.75, 3.05) is 7.11 Å². The Bertz CT molecular complexity index is 575. The van der Waals surface area contributed by atoms with Crippen LogP contribution in [0.4, 0.5) is 0 Å². The Labute approximate surface area is 97.9 Å². The van der Waals surface area contributed by atoms with E-state index in [1.165, 1.54) is 7.11 Å². The summed E-state index contributed by atoms with van der Waals surface area (Å²) in [5, 5.41) is 9.13. The molecule has 0 fully saturated rings. The van der Waals surface area contributed by atoms with Gasteiger partial charge in [0, 0.05) is 18.3 Å². The number of nitrogens with zero attached hydrogens (tertiary/aromatic N) is 3. The Hall–Kier alpha value is -2.11. The highest BCUT2D eigenvalue weighted by atomic mass is 16.5. The second kappa shape index (κ2) is 4.04. The minimum atomic E-state index is -1.07. The number of pyridine rings is 1. The number of hydrogen-bond donors (Lipinski definition) is 1. The molecule has 0 aliphatic rings. The van der Waals surface area contributed by atoms with Crippen molar-refractivity contribution in [3.8, 4) is 5.75 Å². The van der Waals surface area contributed by atoms with Gasteiger partial charge in [0.25, 0.3) is 0 Å². The number of imidazole rings is 1. The summed E-state index contributed by atoms with van der Waals surface area (Å²) in [6, 6.07) is 1.62. The molecule has 2 aromatic heterocycles. The highest BCUT2D eigenvalue weighted by Crippen LogP contribution is 2.26. The third-order valence-electron chi connectivity index (χ3n) is 2.47. The predicted octanol–water partition coefficient (Wildman–Crippen LogP) is 1.72. The molecule has 0 spiro atoms. The highest BCUT2D eigenvalue weighted by molar-refractivity contribution is 5.90. The monoisotopic (exact) mass is 235 g/mol. The molecular formula is C11H13N3O3. The van der Waals surface area contributed by atoms with Crippen LogP contribution in [0.3, 0.4) is 0 Å². The van der Waals surface area contributed by atoms with Crippen LogP contribution < -0.4 is 4.74 Å². The Morgan fingerprint density at radius 2 is 2.24 bits per heavy atom. The first-order valence-electron chi connectivity index (χ1n) is 5.20. The van der Waals surface area contributed by atoms with Crippen LogP contribution in [0.25, 0.3) is 11.2 Å². The summed E-state index contributed by atoms with van der Waals surface area (Å²) in [6.07, 6.45) is 1.58. The van der Waals surface area contributed by atoms with Crippen molar-refractivity contribution in [1.82, 2.24) is 14.5 Å². The number of methoxy groups -OCH3 is 1. The van der Waals surface area contributed by atoms with Crippen molar-refractivity contribution in [2.45, 2.75) is 19.9 Å². The molecule has 6 nitrogen and oxygen atoms in total. The third kappa shape index (κ3) is 1.71. The Balaban J connectivity index is 2.83. The van der Waals surface area contributed by atoms with E-state index < -0.39 is 5.97 Å². The van der Waals surface area contributed by atoms with E-state index in [4.69, 9.17) is 9.84 Å². The topological polar surface area (TPSA) is 77.2 Å². The Kier molecular flexibility index (Phi) is 2.71. The van der Waals surface area contributed by atoms with E-state index in [9.17, 15) is 4.79 Å². The SMILES string of the molecule is COc1ccnc2c1nc(C(=O)O)n2C(C)C. The maximum absolute atomic E-state index is 11.1. The van der Waals surface area contributed by atoms with Crippen LogP contribution >= 0.6 is 0 Å². The number of carboxylic acids is 1. The molecule has 0 saturated carbocycles. The normalized spacial score (nSPS) is 11.1. The average Bonchev–Trinajstić information content (AvgIpc) is 2.67. The number of hydrogen-bond acceptors (Lipinski definition) is 4. The highest BCUT2D eigenvalue weighted by Gasteiger charge is 2.21. The zero-order chi connectivity index (χ0) is 12.6. The van der Waals surface area contributed by atoms with E-state index in [0.717, 1.165) is 0 Å². The quantitative estimate of drug-likeness (QED) is 0.876. The van der Waals surface area contributed by atoms with Gasteiger partial charge in [0.05, 0.1) is 7.11 Å². The van der Waals surface area contributed by atoms with Gasteiger partial charge < -0.3 is 14.4 Å². The predicted molar refractivity (Wildman–Crippen MR) is 61.4 cm³/mol. The smallest absolute Gasteiger partial charge is 0.372 e. The van der Waals surface area contributed by atoms with Crippen molar-refractivity contribution in [2.24, 2.45) is 0 Å². The maximum atomic E-state index is 11.1. The number of aromatic nitrogens is 3. The minimum Gasteiger partial charge on any atom is -0.494 e. The fourth-order valence-electron chi connectivity index (χ4n) is 1.77. The van der Waals surface area contributed by atoms with Gasteiger partial charge in [-0.25, -0.2) is 14.8 Å². The van der Waals surface area contributed by atoms with Gasteiger partial charge in [0.2, 0.25) is 5.82 Å². The molecule has 0 unspecified atom stereocenters. The molecule has 0 amide bonds. The number of ether oxygens (including phenoxy) is 1. The first kappa shape index (κ1) is 11.4. The van der Waals surface area contributed by atoms with Crippen molar-refractivity contribution < 1.29 is 14.6 Å². The number of aromatic carboxylic acids is 1. The molecule has 0 aliphatic heterocycles. The van der Waals surface area contributed by atoms with Crippen LogP contribution in [0.15, 0.2) is 12.3 Å². The van der Waals surface area contributed by atoms with Crippen LogP contribution in [-0.2, 0) is 0 Å². The molecule has 0 radical (unpaired) electrons. The molecule has 2 aromatic rings. The van der Waals surface area contributed by atoms with Gasteiger partial charge in [0.15, 0.2) is 11.2 Å².